The molecule has 2 atom stereocenters. The second kappa shape index (κ2) is 5.54. The summed E-state index contributed by atoms with van der Waals surface area (Å²) in [6, 6.07) is 8.79. The van der Waals surface area contributed by atoms with E-state index in [1.54, 1.807) is 24.3 Å². The van der Waals surface area contributed by atoms with Gasteiger partial charge in [0.2, 0.25) is 0 Å². The minimum atomic E-state index is -3.07. The Kier molecular flexibility index (Phi) is 4.28. The fraction of sp³-hybridized carbons (Fsp3) is 0.500. The maximum absolute atomic E-state index is 12.2. The molecule has 0 saturated carbocycles. The van der Waals surface area contributed by atoms with Gasteiger partial charge in [-0.3, -0.25) is 0 Å². The van der Waals surface area contributed by atoms with E-state index in [2.05, 4.69) is 0 Å². The number of sulfone groups is 1. The van der Waals surface area contributed by atoms with Crippen molar-refractivity contribution in [1.82, 2.24) is 0 Å². The van der Waals surface area contributed by atoms with Crippen LogP contribution in [0.25, 0.3) is 0 Å². The molecule has 0 bridgehead atoms. The van der Waals surface area contributed by atoms with Crippen LogP contribution in [-0.2, 0) is 14.6 Å². The third-order valence-corrected chi connectivity index (χ3v) is 10.5. The van der Waals surface area contributed by atoms with E-state index in [-0.39, 0.29) is 4.08 Å². The van der Waals surface area contributed by atoms with Gasteiger partial charge in [0.05, 0.1) is 0 Å². The zero-order valence-corrected chi connectivity index (χ0v) is 15.0. The topological polar surface area (TPSA) is 46.7 Å². The van der Waals surface area contributed by atoms with Gasteiger partial charge < -0.3 is 0 Å². The van der Waals surface area contributed by atoms with Crippen molar-refractivity contribution < 1.29 is 13.2 Å². The first-order valence-electron chi connectivity index (χ1n) is 6.01. The predicted octanol–water partition coefficient (Wildman–Crippen LogP) is 0.721. The van der Waals surface area contributed by atoms with Crippen LogP contribution in [0.1, 0.15) is 19.3 Å². The molecule has 1 aliphatic heterocycles. The van der Waals surface area contributed by atoms with Crippen LogP contribution >= 0.6 is 0 Å². The van der Waals surface area contributed by atoms with Crippen LogP contribution in [0, 0.1) is 0 Å². The number of rotatable bonds is 6. The average Bonchev–Trinajstić information content (AvgIpc) is 3.14. The molecule has 2 unspecified atom stereocenters. The molecule has 1 saturated heterocycles. The van der Waals surface area contributed by atoms with E-state index in [0.717, 1.165) is 25.9 Å². The van der Waals surface area contributed by atoms with Crippen molar-refractivity contribution in [1.29, 1.82) is 0 Å². The first-order valence-corrected chi connectivity index (χ1v) is 9.98. The summed E-state index contributed by atoms with van der Waals surface area (Å²) in [4.78, 5) is 0.473. The fourth-order valence-corrected chi connectivity index (χ4v) is 5.91. The molecule has 17 heavy (non-hydrogen) atoms. The third kappa shape index (κ3) is 3.56. The predicted molar refractivity (Wildman–Crippen MR) is 70.9 cm³/mol. The Balaban J connectivity index is 1.94. The molecule has 0 spiro atoms. The molecule has 0 N–H and O–H groups in total. The van der Waals surface area contributed by atoms with E-state index >= 15 is 0 Å². The number of benzene rings is 1. The normalized spacial score (nSPS) is 21.3. The summed E-state index contributed by atoms with van der Waals surface area (Å²) in [6.07, 6.45) is 3.17. The van der Waals surface area contributed by atoms with Crippen molar-refractivity contribution in [2.75, 3.05) is 6.61 Å². The minimum absolute atomic E-state index is 0.129. The van der Waals surface area contributed by atoms with Crippen LogP contribution in [0.15, 0.2) is 35.2 Å². The monoisotopic (exact) mass is 316 g/mol. The van der Waals surface area contributed by atoms with Gasteiger partial charge in [0, 0.05) is 0 Å². The molecular weight excluding hydrogens is 297 g/mol. The number of ether oxygens (including phenoxy) is 1. The Labute approximate surface area is 111 Å². The molecule has 1 fully saturated rings. The van der Waals surface area contributed by atoms with Crippen molar-refractivity contribution in [3.05, 3.63) is 30.3 Å². The van der Waals surface area contributed by atoms with Gasteiger partial charge in [-0.2, -0.15) is 0 Å². The van der Waals surface area contributed by atoms with E-state index in [9.17, 15) is 8.42 Å². The Morgan fingerprint density at radius 1 is 1.35 bits per heavy atom. The standard InChI is InChI=1S/C12H18GeO3S/c13-12(8-4-5-10-9-16-10)17(14,15)11-6-2-1-3-7-11/h1-3,6-7,10,12H,4-5,8-9H2,13H3. The number of epoxide rings is 1. The SMILES string of the molecule is O=S(=O)(c1ccccc1)[CH]([GeH3])CCCC1CO1. The van der Waals surface area contributed by atoms with E-state index in [1.807, 2.05) is 6.07 Å². The molecule has 0 aromatic heterocycles. The summed E-state index contributed by atoms with van der Waals surface area (Å²) in [6.45, 7) is 0.862. The summed E-state index contributed by atoms with van der Waals surface area (Å²) >= 11 is 0.298. The van der Waals surface area contributed by atoms with Crippen LogP contribution < -0.4 is 0 Å². The second-order valence-corrected chi connectivity index (χ2v) is 11.6. The Morgan fingerprint density at radius 2 is 2.00 bits per heavy atom. The molecule has 1 aliphatic rings. The van der Waals surface area contributed by atoms with Crippen molar-refractivity contribution in [3.63, 3.8) is 0 Å². The summed E-state index contributed by atoms with van der Waals surface area (Å²) < 4.78 is 29.5. The molecule has 5 heteroatoms. The molecule has 3 nitrogen and oxygen atoms in total. The summed E-state index contributed by atoms with van der Waals surface area (Å²) in [5.41, 5.74) is 0. The van der Waals surface area contributed by atoms with E-state index in [1.165, 1.54) is 0 Å². The van der Waals surface area contributed by atoms with Gasteiger partial charge in [0.25, 0.3) is 0 Å². The van der Waals surface area contributed by atoms with Crippen molar-refractivity contribution in [3.8, 4) is 0 Å². The third-order valence-electron chi connectivity index (χ3n) is 3.14. The Hall–Kier alpha value is -0.327. The summed E-state index contributed by atoms with van der Waals surface area (Å²) in [5.74, 6) is 0. The van der Waals surface area contributed by atoms with Crippen LogP contribution in [-0.4, -0.2) is 41.7 Å². The van der Waals surface area contributed by atoms with Crippen molar-refractivity contribution >= 4 is 26.4 Å². The quantitative estimate of drug-likeness (QED) is 0.574. The van der Waals surface area contributed by atoms with Gasteiger partial charge in [-0.05, 0) is 0 Å². The molecule has 1 aromatic carbocycles. The summed E-state index contributed by atoms with van der Waals surface area (Å²) in [5, 5.41) is 0. The van der Waals surface area contributed by atoms with Crippen molar-refractivity contribution in [2.45, 2.75) is 34.3 Å². The van der Waals surface area contributed by atoms with E-state index in [0.29, 0.717) is 27.5 Å². The van der Waals surface area contributed by atoms with Gasteiger partial charge in [-0.15, -0.1) is 0 Å². The van der Waals surface area contributed by atoms with Crippen LogP contribution in [0.5, 0.6) is 0 Å². The van der Waals surface area contributed by atoms with Crippen LogP contribution in [0.2, 0.25) is 0 Å². The zero-order valence-electron chi connectivity index (χ0n) is 10.0. The average molecular weight is 315 g/mol. The van der Waals surface area contributed by atoms with Crippen molar-refractivity contribution in [2.24, 2.45) is 0 Å². The number of hydrogen-bond donors (Lipinski definition) is 0. The molecule has 1 aromatic rings. The molecule has 0 radical (unpaired) electrons. The van der Waals surface area contributed by atoms with Gasteiger partial charge in [-0.25, -0.2) is 0 Å². The Morgan fingerprint density at radius 3 is 2.59 bits per heavy atom. The number of hydrogen-bond acceptors (Lipinski definition) is 3. The fourth-order valence-electron chi connectivity index (χ4n) is 1.87. The summed E-state index contributed by atoms with van der Waals surface area (Å²) in [7, 11) is -3.07. The first kappa shape index (κ1) is 13.1. The first-order chi connectivity index (χ1) is 8.10. The van der Waals surface area contributed by atoms with Gasteiger partial charge in [-0.1, -0.05) is 0 Å². The van der Waals surface area contributed by atoms with Gasteiger partial charge >= 0.3 is 111 Å². The van der Waals surface area contributed by atoms with E-state index < -0.39 is 9.84 Å². The van der Waals surface area contributed by atoms with Crippen LogP contribution in [0.4, 0.5) is 0 Å². The van der Waals surface area contributed by atoms with Gasteiger partial charge in [0.1, 0.15) is 0 Å². The molecule has 0 amide bonds. The molecule has 0 aliphatic carbocycles. The van der Waals surface area contributed by atoms with Gasteiger partial charge in [0.15, 0.2) is 0 Å². The van der Waals surface area contributed by atoms with E-state index in [4.69, 9.17) is 4.74 Å². The zero-order chi connectivity index (χ0) is 12.3. The molecule has 2 rings (SSSR count). The van der Waals surface area contributed by atoms with Crippen LogP contribution in [0.3, 0.4) is 0 Å². The maximum atomic E-state index is 12.2. The molecule has 94 valence electrons. The Bertz CT molecular complexity index is 454. The molecule has 1 heterocycles. The second-order valence-electron chi connectivity index (χ2n) is 4.55. The molecular formula is C12H18GeO3S.